The first kappa shape index (κ1) is 15.3. The number of rotatable bonds is 5. The Morgan fingerprint density at radius 1 is 1.33 bits per heavy atom. The van der Waals surface area contributed by atoms with Crippen LogP contribution in [0.4, 0.5) is 5.82 Å². The lowest BCUT2D eigenvalue weighted by Crippen LogP contribution is -2.32. The lowest BCUT2D eigenvalue weighted by Gasteiger charge is -2.08. The Labute approximate surface area is 113 Å². The van der Waals surface area contributed by atoms with Crippen LogP contribution in [0.15, 0.2) is 21.6 Å². The van der Waals surface area contributed by atoms with Crippen molar-refractivity contribution in [3.05, 3.63) is 16.7 Å². The molecule has 0 aliphatic rings. The first-order valence-electron chi connectivity index (χ1n) is 4.53. The number of sulfonamides is 2. The molecule has 0 bridgehead atoms. The Kier molecular flexibility index (Phi) is 4.66. The van der Waals surface area contributed by atoms with Crippen molar-refractivity contribution in [2.45, 2.75) is 4.90 Å². The van der Waals surface area contributed by atoms with Crippen molar-refractivity contribution >= 4 is 41.8 Å². The Morgan fingerprint density at radius 2 is 1.94 bits per heavy atom. The maximum atomic E-state index is 11.8. The molecule has 1 aromatic heterocycles. The minimum absolute atomic E-state index is 0.179. The third-order valence-corrected chi connectivity index (χ3v) is 4.51. The summed E-state index contributed by atoms with van der Waals surface area (Å²) in [6, 6.07) is 1.27. The van der Waals surface area contributed by atoms with E-state index in [1.54, 1.807) is 0 Å². The summed E-state index contributed by atoms with van der Waals surface area (Å²) in [5.74, 6) is -0.686. The lowest BCUT2D eigenvalue weighted by atomic mass is 10.5. The number of anilines is 1. The van der Waals surface area contributed by atoms with Gasteiger partial charge >= 0.3 is 0 Å². The van der Waals surface area contributed by atoms with Crippen LogP contribution in [0, 0.1) is 0 Å². The van der Waals surface area contributed by atoms with Crippen LogP contribution in [-0.4, -0.2) is 34.1 Å². The summed E-state index contributed by atoms with van der Waals surface area (Å²) in [4.78, 5) is 3.44. The lowest BCUT2D eigenvalue weighted by molar-refractivity contribution is 0.581. The summed E-state index contributed by atoms with van der Waals surface area (Å²) in [7, 11) is -7.65. The van der Waals surface area contributed by atoms with Crippen LogP contribution < -0.4 is 15.6 Å². The van der Waals surface area contributed by atoms with Gasteiger partial charge in [-0.05, 0) is 22.0 Å². The molecule has 0 saturated heterocycles. The Morgan fingerprint density at radius 3 is 2.50 bits per heavy atom. The van der Waals surface area contributed by atoms with E-state index < -0.39 is 25.8 Å². The molecule has 1 rings (SSSR count). The standard InChI is InChI=1S/C7H11BrN4O4S2/c8-5-3-6(7(9)11-4-5)18(15,16)12-1-2-17(10,13)14/h3-4,12H,1-2H2,(H2,9,11)(H2,10,13,14). The van der Waals surface area contributed by atoms with Gasteiger partial charge in [0.15, 0.2) is 0 Å². The van der Waals surface area contributed by atoms with Crippen LogP contribution in [0.25, 0.3) is 0 Å². The number of aromatic nitrogens is 1. The van der Waals surface area contributed by atoms with E-state index in [1.165, 1.54) is 12.3 Å². The first-order valence-corrected chi connectivity index (χ1v) is 8.52. The van der Waals surface area contributed by atoms with Gasteiger partial charge in [-0.2, -0.15) is 0 Å². The third kappa shape index (κ3) is 4.49. The minimum atomic E-state index is -3.92. The number of hydrogen-bond donors (Lipinski definition) is 3. The number of nitrogen functional groups attached to an aromatic ring is 1. The molecule has 102 valence electrons. The van der Waals surface area contributed by atoms with Crippen molar-refractivity contribution in [2.75, 3.05) is 18.0 Å². The van der Waals surface area contributed by atoms with Gasteiger partial charge in [0, 0.05) is 17.2 Å². The van der Waals surface area contributed by atoms with E-state index in [1.807, 2.05) is 0 Å². The van der Waals surface area contributed by atoms with Gasteiger partial charge in [-0.3, -0.25) is 0 Å². The van der Waals surface area contributed by atoms with Crippen molar-refractivity contribution in [2.24, 2.45) is 5.14 Å². The average molecular weight is 359 g/mol. The maximum absolute atomic E-state index is 11.8. The molecular formula is C7H11BrN4O4S2. The highest BCUT2D eigenvalue weighted by atomic mass is 79.9. The molecule has 18 heavy (non-hydrogen) atoms. The predicted octanol–water partition coefficient (Wildman–Crippen LogP) is -1.01. The molecule has 0 fully saturated rings. The second kappa shape index (κ2) is 5.48. The summed E-state index contributed by atoms with van der Waals surface area (Å²) < 4.78 is 47.5. The van der Waals surface area contributed by atoms with Crippen LogP contribution in [-0.2, 0) is 20.0 Å². The van der Waals surface area contributed by atoms with Gasteiger partial charge < -0.3 is 5.73 Å². The molecule has 0 atom stereocenters. The van der Waals surface area contributed by atoms with Gasteiger partial charge in [0.2, 0.25) is 20.0 Å². The Balaban J connectivity index is 2.90. The molecule has 8 nitrogen and oxygen atoms in total. The number of nitrogens with zero attached hydrogens (tertiary/aromatic N) is 1. The van der Waals surface area contributed by atoms with Crippen molar-refractivity contribution < 1.29 is 16.8 Å². The van der Waals surface area contributed by atoms with E-state index in [4.69, 9.17) is 10.9 Å². The number of primary sulfonamides is 1. The van der Waals surface area contributed by atoms with Gasteiger partial charge in [0.25, 0.3) is 0 Å². The number of nitrogens with one attached hydrogen (secondary N) is 1. The summed E-state index contributed by atoms with van der Waals surface area (Å²) in [6.45, 7) is -0.340. The summed E-state index contributed by atoms with van der Waals surface area (Å²) >= 11 is 3.06. The monoisotopic (exact) mass is 358 g/mol. The molecule has 0 aliphatic carbocycles. The Bertz CT molecular complexity index is 643. The quantitative estimate of drug-likeness (QED) is 0.614. The molecule has 5 N–H and O–H groups in total. The topological polar surface area (TPSA) is 145 Å². The van der Waals surface area contributed by atoms with E-state index in [-0.39, 0.29) is 17.3 Å². The maximum Gasteiger partial charge on any atom is 0.244 e. The molecular weight excluding hydrogens is 348 g/mol. The van der Waals surface area contributed by atoms with Gasteiger partial charge in [0.05, 0.1) is 5.75 Å². The second-order valence-electron chi connectivity index (χ2n) is 3.30. The molecule has 0 saturated carbocycles. The van der Waals surface area contributed by atoms with Crippen molar-refractivity contribution in [3.8, 4) is 0 Å². The van der Waals surface area contributed by atoms with Crippen LogP contribution >= 0.6 is 15.9 Å². The van der Waals surface area contributed by atoms with Crippen molar-refractivity contribution in [1.29, 1.82) is 0 Å². The van der Waals surface area contributed by atoms with Crippen LogP contribution in [0.2, 0.25) is 0 Å². The average Bonchev–Trinajstić information content (AvgIpc) is 2.19. The van der Waals surface area contributed by atoms with E-state index in [0.29, 0.717) is 4.47 Å². The highest BCUT2D eigenvalue weighted by Crippen LogP contribution is 2.19. The predicted molar refractivity (Wildman–Crippen MR) is 69.5 cm³/mol. The zero-order valence-corrected chi connectivity index (χ0v) is 12.2. The molecule has 11 heteroatoms. The van der Waals surface area contributed by atoms with E-state index in [9.17, 15) is 16.8 Å². The molecule has 0 aliphatic heterocycles. The summed E-state index contributed by atoms with van der Waals surface area (Å²) in [6.07, 6.45) is 1.35. The minimum Gasteiger partial charge on any atom is -0.383 e. The van der Waals surface area contributed by atoms with Crippen molar-refractivity contribution in [1.82, 2.24) is 9.71 Å². The molecule has 0 radical (unpaired) electrons. The molecule has 0 aromatic carbocycles. The normalized spacial score (nSPS) is 12.6. The van der Waals surface area contributed by atoms with Crippen LogP contribution in [0.3, 0.4) is 0 Å². The highest BCUT2D eigenvalue weighted by Gasteiger charge is 2.19. The van der Waals surface area contributed by atoms with Gasteiger partial charge in [-0.1, -0.05) is 0 Å². The van der Waals surface area contributed by atoms with Gasteiger partial charge in [0.1, 0.15) is 10.7 Å². The summed E-state index contributed by atoms with van der Waals surface area (Å²) in [5.41, 5.74) is 5.44. The van der Waals surface area contributed by atoms with Gasteiger partial charge in [-0.15, -0.1) is 0 Å². The van der Waals surface area contributed by atoms with Gasteiger partial charge in [-0.25, -0.2) is 31.7 Å². The van der Waals surface area contributed by atoms with Crippen LogP contribution in [0.1, 0.15) is 0 Å². The number of hydrogen-bond acceptors (Lipinski definition) is 6. The zero-order valence-electron chi connectivity index (χ0n) is 9.00. The van der Waals surface area contributed by atoms with Crippen molar-refractivity contribution in [3.63, 3.8) is 0 Å². The SMILES string of the molecule is Nc1ncc(Br)cc1S(=O)(=O)NCCS(N)(=O)=O. The fourth-order valence-corrected chi connectivity index (χ4v) is 3.18. The first-order chi connectivity index (χ1) is 8.12. The molecule has 0 unspecified atom stereocenters. The molecule has 1 aromatic rings. The third-order valence-electron chi connectivity index (χ3n) is 1.82. The highest BCUT2D eigenvalue weighted by molar-refractivity contribution is 9.10. The smallest absolute Gasteiger partial charge is 0.244 e. The van der Waals surface area contributed by atoms with E-state index in [2.05, 4.69) is 25.6 Å². The number of nitrogens with two attached hydrogens (primary N) is 2. The largest absolute Gasteiger partial charge is 0.383 e. The Hall–Kier alpha value is -0.750. The number of halogens is 1. The van der Waals surface area contributed by atoms with E-state index >= 15 is 0 Å². The summed E-state index contributed by atoms with van der Waals surface area (Å²) in [5, 5.41) is 4.75. The number of pyridine rings is 1. The molecule has 0 amide bonds. The zero-order chi connectivity index (χ0) is 14.0. The molecule has 1 heterocycles. The fourth-order valence-electron chi connectivity index (χ4n) is 1.04. The van der Waals surface area contributed by atoms with Crippen LogP contribution in [0.5, 0.6) is 0 Å². The van der Waals surface area contributed by atoms with E-state index in [0.717, 1.165) is 0 Å². The second-order valence-corrected chi connectivity index (χ2v) is 7.69. The molecule has 0 spiro atoms. The fraction of sp³-hybridized carbons (Fsp3) is 0.286.